The van der Waals surface area contributed by atoms with Crippen LogP contribution in [-0.4, -0.2) is 33.3 Å². The highest BCUT2D eigenvalue weighted by Gasteiger charge is 2.66. The molecule has 0 aliphatic heterocycles. The van der Waals surface area contributed by atoms with Gasteiger partial charge < -0.3 is 10.2 Å². The second-order valence-corrected chi connectivity index (χ2v) is 10.4. The van der Waals surface area contributed by atoms with Gasteiger partial charge in [0.05, 0.1) is 0 Å². The fraction of sp³-hybridized carbons (Fsp3) is 0.708. The van der Waals surface area contributed by atoms with Gasteiger partial charge in [0.1, 0.15) is 5.60 Å². The molecule has 2 N–H and O–H groups in total. The summed E-state index contributed by atoms with van der Waals surface area (Å²) in [6.45, 7) is 7.74. The molecule has 0 radical (unpaired) electrons. The van der Waals surface area contributed by atoms with E-state index in [0.29, 0.717) is 6.42 Å². The van der Waals surface area contributed by atoms with E-state index in [1.165, 1.54) is 6.92 Å². The van der Waals surface area contributed by atoms with Crippen molar-refractivity contribution >= 4 is 17.5 Å². The van der Waals surface area contributed by atoms with Gasteiger partial charge in [-0.2, -0.15) is 0 Å². The number of fused-ring (bicyclic) bond motifs is 5. The van der Waals surface area contributed by atoms with Crippen molar-refractivity contribution in [3.8, 4) is 0 Å². The normalized spacial score (nSPS) is 46.2. The first-order chi connectivity index (χ1) is 13.4. The quantitative estimate of drug-likeness (QED) is 0.754. The predicted octanol–water partition coefficient (Wildman–Crippen LogP) is 3.71. The van der Waals surface area contributed by atoms with Gasteiger partial charge in [0.2, 0.25) is 0 Å². The fourth-order valence-corrected chi connectivity index (χ4v) is 7.69. The van der Waals surface area contributed by atoms with Gasteiger partial charge in [-0.1, -0.05) is 25.5 Å². The number of Topliss-reactive ketones (excluding diaryl/α,β-unsaturated/α-hetero) is 1. The molecule has 0 saturated heterocycles. The molecule has 0 bridgehead atoms. The van der Waals surface area contributed by atoms with Crippen molar-refractivity contribution < 1.29 is 24.6 Å². The summed E-state index contributed by atoms with van der Waals surface area (Å²) in [5.41, 5.74) is -0.0380. The number of allylic oxidation sites excluding steroid dienone is 4. The number of hydrogen-bond acceptors (Lipinski definition) is 4. The molecule has 4 rings (SSSR count). The van der Waals surface area contributed by atoms with E-state index < -0.39 is 17.0 Å². The van der Waals surface area contributed by atoms with Crippen LogP contribution in [0.1, 0.15) is 66.2 Å². The average molecular weight is 401 g/mol. The van der Waals surface area contributed by atoms with Crippen LogP contribution in [0.15, 0.2) is 23.3 Å². The highest BCUT2D eigenvalue weighted by molar-refractivity contribution is 5.93. The molecule has 0 heterocycles. The smallest absolute Gasteiger partial charge is 0.303 e. The molecule has 5 heteroatoms. The van der Waals surface area contributed by atoms with Crippen molar-refractivity contribution in [2.75, 3.05) is 0 Å². The zero-order chi connectivity index (χ0) is 21.4. The molecule has 2 fully saturated rings. The monoisotopic (exact) mass is 400 g/mol. The van der Waals surface area contributed by atoms with Crippen molar-refractivity contribution in [1.29, 1.82) is 0 Å². The van der Waals surface area contributed by atoms with Crippen LogP contribution < -0.4 is 0 Å². The molecule has 4 aliphatic rings. The molecule has 0 aromatic rings. The molecule has 4 aliphatic carbocycles. The molecule has 158 valence electrons. The number of carbonyl (C=O) groups excluding carboxylic acids is 2. The van der Waals surface area contributed by atoms with Gasteiger partial charge in [-0.3, -0.25) is 14.4 Å². The number of aliphatic hydroxyl groups is 1. The minimum absolute atomic E-state index is 0.00457. The lowest BCUT2D eigenvalue weighted by atomic mass is 9.44. The Morgan fingerprint density at radius 3 is 2.45 bits per heavy atom. The van der Waals surface area contributed by atoms with E-state index in [0.717, 1.165) is 30.4 Å². The first-order valence-electron chi connectivity index (χ1n) is 10.8. The van der Waals surface area contributed by atoms with E-state index in [1.54, 1.807) is 6.08 Å². The fourth-order valence-electron chi connectivity index (χ4n) is 7.69. The molecular weight excluding hydrogens is 368 g/mol. The van der Waals surface area contributed by atoms with E-state index in [9.17, 15) is 24.6 Å². The SMILES string of the molecule is CC(=O)[C@@]1(O)CC[C@H]2[C@@H]3C=C(C)C4=CC(=O)CC(CC(=O)O)[C@]4(C)[C@H]3CC[C@@]21C. The lowest BCUT2D eigenvalue weighted by Crippen LogP contribution is -2.57. The van der Waals surface area contributed by atoms with Gasteiger partial charge in [0.25, 0.3) is 0 Å². The Kier molecular flexibility index (Phi) is 4.51. The molecule has 0 amide bonds. The summed E-state index contributed by atoms with van der Waals surface area (Å²) in [7, 11) is 0. The highest BCUT2D eigenvalue weighted by Crippen LogP contribution is 2.68. The number of aliphatic carboxylic acids is 1. The van der Waals surface area contributed by atoms with Gasteiger partial charge in [-0.05, 0) is 74.9 Å². The number of carboxylic acids is 1. The summed E-state index contributed by atoms with van der Waals surface area (Å²) in [6, 6.07) is 0. The predicted molar refractivity (Wildman–Crippen MR) is 108 cm³/mol. The van der Waals surface area contributed by atoms with Gasteiger partial charge in [0, 0.05) is 23.7 Å². The summed E-state index contributed by atoms with van der Waals surface area (Å²) in [5.74, 6) is -0.607. The first kappa shape index (κ1) is 20.5. The molecular formula is C24H32O5. The van der Waals surface area contributed by atoms with Gasteiger partial charge >= 0.3 is 5.97 Å². The van der Waals surface area contributed by atoms with Crippen molar-refractivity contribution in [3.63, 3.8) is 0 Å². The van der Waals surface area contributed by atoms with Crippen LogP contribution in [0.5, 0.6) is 0 Å². The summed E-state index contributed by atoms with van der Waals surface area (Å²) >= 11 is 0. The van der Waals surface area contributed by atoms with E-state index in [2.05, 4.69) is 19.9 Å². The summed E-state index contributed by atoms with van der Waals surface area (Å²) in [4.78, 5) is 36.4. The maximum absolute atomic E-state index is 12.4. The number of carbonyl (C=O) groups is 3. The van der Waals surface area contributed by atoms with E-state index >= 15 is 0 Å². The minimum Gasteiger partial charge on any atom is -0.481 e. The Morgan fingerprint density at radius 1 is 1.17 bits per heavy atom. The number of ketones is 2. The Balaban J connectivity index is 1.81. The lowest BCUT2D eigenvalue weighted by Gasteiger charge is -2.59. The largest absolute Gasteiger partial charge is 0.481 e. The molecule has 0 aromatic heterocycles. The van der Waals surface area contributed by atoms with Crippen molar-refractivity contribution in [1.82, 2.24) is 0 Å². The topological polar surface area (TPSA) is 91.7 Å². The van der Waals surface area contributed by atoms with Crippen LogP contribution in [0.25, 0.3) is 0 Å². The van der Waals surface area contributed by atoms with Crippen LogP contribution in [-0.2, 0) is 14.4 Å². The minimum atomic E-state index is -1.27. The summed E-state index contributed by atoms with van der Waals surface area (Å²) < 4.78 is 0. The van der Waals surface area contributed by atoms with Crippen molar-refractivity contribution in [2.24, 2.45) is 34.5 Å². The third kappa shape index (κ3) is 2.59. The zero-order valence-corrected chi connectivity index (χ0v) is 17.8. The van der Waals surface area contributed by atoms with Crippen LogP contribution in [0.3, 0.4) is 0 Å². The Labute approximate surface area is 172 Å². The zero-order valence-electron chi connectivity index (χ0n) is 17.8. The van der Waals surface area contributed by atoms with E-state index in [-0.39, 0.29) is 53.5 Å². The van der Waals surface area contributed by atoms with Gasteiger partial charge in [-0.15, -0.1) is 0 Å². The molecule has 5 nitrogen and oxygen atoms in total. The molecule has 29 heavy (non-hydrogen) atoms. The second kappa shape index (κ2) is 6.37. The van der Waals surface area contributed by atoms with Gasteiger partial charge in [0.15, 0.2) is 11.6 Å². The number of rotatable bonds is 3. The maximum atomic E-state index is 12.4. The number of hydrogen-bond donors (Lipinski definition) is 2. The van der Waals surface area contributed by atoms with Crippen molar-refractivity contribution in [2.45, 2.75) is 71.8 Å². The molecule has 7 atom stereocenters. The first-order valence-corrected chi connectivity index (χ1v) is 10.8. The van der Waals surface area contributed by atoms with E-state index in [1.807, 2.05) is 6.92 Å². The third-order valence-electron chi connectivity index (χ3n) is 9.31. The Hall–Kier alpha value is -1.75. The van der Waals surface area contributed by atoms with Gasteiger partial charge in [-0.25, -0.2) is 0 Å². The molecule has 1 unspecified atom stereocenters. The summed E-state index contributed by atoms with van der Waals surface area (Å²) in [5, 5.41) is 20.8. The van der Waals surface area contributed by atoms with Crippen LogP contribution in [0.2, 0.25) is 0 Å². The molecule has 2 saturated carbocycles. The standard InChI is InChI=1S/C24H32O5/c1-13-9-17-18-6-8-24(29,14(2)25)22(18,3)7-5-19(17)23(4)15(11-21(27)28)10-16(26)12-20(13)23/h9,12,15,17-19,29H,5-8,10-11H2,1-4H3,(H,27,28)/t15?,17-,18-,19-,22-,23+,24-/m0/s1. The second-order valence-electron chi connectivity index (χ2n) is 10.4. The number of carboxylic acid groups (broad SMARTS) is 1. The molecule has 0 spiro atoms. The summed E-state index contributed by atoms with van der Waals surface area (Å²) in [6.07, 6.45) is 7.15. The Bertz CT molecular complexity index is 853. The van der Waals surface area contributed by atoms with E-state index in [4.69, 9.17) is 0 Å². The highest BCUT2D eigenvalue weighted by atomic mass is 16.4. The molecule has 0 aromatic carbocycles. The third-order valence-corrected chi connectivity index (χ3v) is 9.31. The Morgan fingerprint density at radius 2 is 1.83 bits per heavy atom. The average Bonchev–Trinajstić information content (AvgIpc) is 2.90. The maximum Gasteiger partial charge on any atom is 0.303 e. The van der Waals surface area contributed by atoms with Crippen LogP contribution in [0, 0.1) is 34.5 Å². The lowest BCUT2D eigenvalue weighted by molar-refractivity contribution is -0.158. The van der Waals surface area contributed by atoms with Crippen molar-refractivity contribution in [3.05, 3.63) is 23.3 Å². The van der Waals surface area contributed by atoms with Crippen LogP contribution >= 0.6 is 0 Å². The van der Waals surface area contributed by atoms with Crippen LogP contribution in [0.4, 0.5) is 0 Å².